The molecule has 0 bridgehead atoms. The Morgan fingerprint density at radius 3 is 2.19 bits per heavy atom. The SMILES string of the molecule is CC1=C(NC2CCNCC2)CCC1=O.O=C(O)C(F)(F)F. The summed E-state index contributed by atoms with van der Waals surface area (Å²) in [7, 11) is 0. The van der Waals surface area contributed by atoms with Gasteiger partial charge >= 0.3 is 12.1 Å². The highest BCUT2D eigenvalue weighted by Gasteiger charge is 2.38. The third-order valence-corrected chi connectivity index (χ3v) is 3.43. The van der Waals surface area contributed by atoms with Gasteiger partial charge in [-0.3, -0.25) is 4.79 Å². The van der Waals surface area contributed by atoms with Gasteiger partial charge in [0.15, 0.2) is 5.78 Å². The Bertz CT molecular complexity index is 427. The minimum Gasteiger partial charge on any atom is -0.475 e. The van der Waals surface area contributed by atoms with Crippen LogP contribution in [-0.2, 0) is 9.59 Å². The number of Topliss-reactive ketones (excluding diaryl/α,β-unsaturated/α-hetero) is 1. The molecule has 0 radical (unpaired) electrons. The van der Waals surface area contributed by atoms with Crippen molar-refractivity contribution >= 4 is 11.8 Å². The molecule has 0 aromatic heterocycles. The highest BCUT2D eigenvalue weighted by molar-refractivity contribution is 5.97. The van der Waals surface area contributed by atoms with Gasteiger partial charge in [-0.2, -0.15) is 13.2 Å². The van der Waals surface area contributed by atoms with Gasteiger partial charge in [0, 0.05) is 23.7 Å². The van der Waals surface area contributed by atoms with Gasteiger partial charge in [-0.15, -0.1) is 0 Å². The largest absolute Gasteiger partial charge is 0.490 e. The molecule has 5 nitrogen and oxygen atoms in total. The molecule has 1 saturated heterocycles. The number of carbonyl (C=O) groups excluding carboxylic acids is 1. The van der Waals surface area contributed by atoms with Gasteiger partial charge in [0.25, 0.3) is 0 Å². The van der Waals surface area contributed by atoms with Crippen LogP contribution in [0.15, 0.2) is 11.3 Å². The number of aliphatic carboxylic acids is 1. The Morgan fingerprint density at radius 1 is 1.29 bits per heavy atom. The molecule has 0 spiro atoms. The molecule has 0 saturated carbocycles. The lowest BCUT2D eigenvalue weighted by Gasteiger charge is -2.25. The molecule has 0 aromatic carbocycles. The van der Waals surface area contributed by atoms with Crippen molar-refractivity contribution in [2.45, 2.75) is 44.8 Å². The fraction of sp³-hybridized carbons (Fsp3) is 0.692. The average molecular weight is 308 g/mol. The van der Waals surface area contributed by atoms with Gasteiger partial charge in [-0.05, 0) is 39.3 Å². The van der Waals surface area contributed by atoms with Crippen LogP contribution in [0.3, 0.4) is 0 Å². The highest BCUT2D eigenvalue weighted by atomic mass is 19.4. The van der Waals surface area contributed by atoms with Crippen LogP contribution in [0.4, 0.5) is 13.2 Å². The maximum absolute atomic E-state index is 11.3. The molecule has 0 unspecified atom stereocenters. The van der Waals surface area contributed by atoms with E-state index in [0.29, 0.717) is 18.2 Å². The molecule has 1 aliphatic heterocycles. The fourth-order valence-electron chi connectivity index (χ4n) is 2.17. The molecule has 8 heteroatoms. The number of alkyl halides is 3. The second kappa shape index (κ2) is 7.44. The van der Waals surface area contributed by atoms with E-state index in [1.165, 1.54) is 18.5 Å². The number of halogens is 3. The summed E-state index contributed by atoms with van der Waals surface area (Å²) in [6.45, 7) is 4.13. The van der Waals surface area contributed by atoms with E-state index in [1.54, 1.807) is 0 Å². The Labute approximate surface area is 120 Å². The molecular weight excluding hydrogens is 289 g/mol. The summed E-state index contributed by atoms with van der Waals surface area (Å²) in [5.74, 6) is -2.44. The Kier molecular flexibility index (Phi) is 6.19. The molecule has 0 amide bonds. The van der Waals surface area contributed by atoms with Gasteiger partial charge in [-0.1, -0.05) is 0 Å². The van der Waals surface area contributed by atoms with Crippen molar-refractivity contribution in [1.82, 2.24) is 10.6 Å². The van der Waals surface area contributed by atoms with Crippen LogP contribution in [0.5, 0.6) is 0 Å². The number of ketones is 1. The number of hydrogen-bond acceptors (Lipinski definition) is 4. The smallest absolute Gasteiger partial charge is 0.475 e. The molecule has 1 fully saturated rings. The number of allylic oxidation sites excluding steroid dienone is 2. The summed E-state index contributed by atoms with van der Waals surface area (Å²) in [6, 6.07) is 0.576. The summed E-state index contributed by atoms with van der Waals surface area (Å²) in [5.41, 5.74) is 2.16. The van der Waals surface area contributed by atoms with Crippen LogP contribution in [-0.4, -0.2) is 42.2 Å². The van der Waals surface area contributed by atoms with Gasteiger partial charge in [0.1, 0.15) is 0 Å². The molecule has 0 atom stereocenters. The first-order valence-electron chi connectivity index (χ1n) is 6.72. The fourth-order valence-corrected chi connectivity index (χ4v) is 2.17. The zero-order chi connectivity index (χ0) is 16.0. The highest BCUT2D eigenvalue weighted by Crippen LogP contribution is 2.21. The Balaban J connectivity index is 0.000000270. The molecule has 2 aliphatic rings. The predicted octanol–water partition coefficient (Wildman–Crippen LogP) is 1.60. The molecule has 1 aliphatic carbocycles. The van der Waals surface area contributed by atoms with Crippen molar-refractivity contribution in [2.24, 2.45) is 0 Å². The first-order chi connectivity index (χ1) is 9.71. The number of carboxylic acid groups (broad SMARTS) is 1. The van der Waals surface area contributed by atoms with E-state index in [-0.39, 0.29) is 0 Å². The van der Waals surface area contributed by atoms with E-state index >= 15 is 0 Å². The van der Waals surface area contributed by atoms with Gasteiger partial charge < -0.3 is 15.7 Å². The number of nitrogens with one attached hydrogen (secondary N) is 2. The van der Waals surface area contributed by atoms with Crippen LogP contribution in [0.25, 0.3) is 0 Å². The van der Waals surface area contributed by atoms with E-state index in [2.05, 4.69) is 10.6 Å². The maximum atomic E-state index is 11.3. The normalized spacial score (nSPS) is 20.1. The molecule has 0 aromatic rings. The summed E-state index contributed by atoms with van der Waals surface area (Å²) in [5, 5.41) is 14.0. The lowest BCUT2D eigenvalue weighted by molar-refractivity contribution is -0.192. The zero-order valence-electron chi connectivity index (χ0n) is 11.7. The summed E-state index contributed by atoms with van der Waals surface area (Å²) >= 11 is 0. The van der Waals surface area contributed by atoms with Gasteiger partial charge in [0.05, 0.1) is 0 Å². The first-order valence-corrected chi connectivity index (χ1v) is 6.72. The molecule has 21 heavy (non-hydrogen) atoms. The summed E-state index contributed by atoms with van der Waals surface area (Å²) in [6.07, 6.45) is -1.11. The van der Waals surface area contributed by atoms with Crippen LogP contribution in [0.1, 0.15) is 32.6 Å². The topological polar surface area (TPSA) is 78.4 Å². The van der Waals surface area contributed by atoms with Crippen molar-refractivity contribution in [1.29, 1.82) is 0 Å². The number of carboxylic acids is 1. The minimum atomic E-state index is -5.08. The van der Waals surface area contributed by atoms with E-state index in [4.69, 9.17) is 9.90 Å². The summed E-state index contributed by atoms with van der Waals surface area (Å²) < 4.78 is 31.7. The van der Waals surface area contributed by atoms with E-state index < -0.39 is 12.1 Å². The third-order valence-electron chi connectivity index (χ3n) is 3.43. The maximum Gasteiger partial charge on any atom is 0.490 e. The molecule has 2 rings (SSSR count). The quantitative estimate of drug-likeness (QED) is 0.722. The van der Waals surface area contributed by atoms with Crippen LogP contribution in [0, 0.1) is 0 Å². The zero-order valence-corrected chi connectivity index (χ0v) is 11.7. The van der Waals surface area contributed by atoms with E-state index in [0.717, 1.165) is 25.1 Å². The van der Waals surface area contributed by atoms with Crippen LogP contribution in [0.2, 0.25) is 0 Å². The number of hydrogen-bond donors (Lipinski definition) is 3. The standard InChI is InChI=1S/C11H18N2O.C2HF3O2/c1-8-10(2-3-11(8)14)13-9-4-6-12-7-5-9;3-2(4,5)1(6)7/h9,12-13H,2-7H2,1H3;(H,6,7). The third kappa shape index (κ3) is 5.74. The molecular formula is C13H19F3N2O3. The van der Waals surface area contributed by atoms with Crippen molar-refractivity contribution in [3.05, 3.63) is 11.3 Å². The van der Waals surface area contributed by atoms with Crippen molar-refractivity contribution in [2.75, 3.05) is 13.1 Å². The second-order valence-corrected chi connectivity index (χ2v) is 5.00. The number of piperidine rings is 1. The van der Waals surface area contributed by atoms with Crippen molar-refractivity contribution in [3.8, 4) is 0 Å². The predicted molar refractivity (Wildman–Crippen MR) is 69.7 cm³/mol. The first kappa shape index (κ1) is 17.5. The van der Waals surface area contributed by atoms with E-state index in [9.17, 15) is 18.0 Å². The van der Waals surface area contributed by atoms with Crippen molar-refractivity contribution in [3.63, 3.8) is 0 Å². The lowest BCUT2D eigenvalue weighted by atomic mass is 10.1. The van der Waals surface area contributed by atoms with Crippen LogP contribution >= 0.6 is 0 Å². The molecule has 3 N–H and O–H groups in total. The second-order valence-electron chi connectivity index (χ2n) is 5.00. The summed E-state index contributed by atoms with van der Waals surface area (Å²) in [4.78, 5) is 20.2. The minimum absolute atomic E-state index is 0.321. The average Bonchev–Trinajstić information content (AvgIpc) is 2.72. The van der Waals surface area contributed by atoms with Gasteiger partial charge in [-0.25, -0.2) is 4.79 Å². The Morgan fingerprint density at radius 2 is 1.81 bits per heavy atom. The Hall–Kier alpha value is -1.57. The lowest BCUT2D eigenvalue weighted by Crippen LogP contribution is -2.39. The van der Waals surface area contributed by atoms with E-state index in [1.807, 2.05) is 6.92 Å². The molecule has 120 valence electrons. The molecule has 1 heterocycles. The number of rotatable bonds is 2. The van der Waals surface area contributed by atoms with Crippen molar-refractivity contribution < 1.29 is 27.9 Å². The monoisotopic (exact) mass is 308 g/mol. The van der Waals surface area contributed by atoms with Crippen LogP contribution < -0.4 is 10.6 Å². The number of carbonyl (C=O) groups is 2. The van der Waals surface area contributed by atoms with Gasteiger partial charge in [0.2, 0.25) is 0 Å².